The van der Waals surface area contributed by atoms with Gasteiger partial charge in [-0.25, -0.2) is 9.68 Å². The molecule has 0 aliphatic heterocycles. The topological polar surface area (TPSA) is 106 Å². The Morgan fingerprint density at radius 2 is 0.938 bits per heavy atom. The summed E-state index contributed by atoms with van der Waals surface area (Å²) in [6.07, 6.45) is -1.51. The maximum Gasteiger partial charge on any atom is 0.115 e. The van der Waals surface area contributed by atoms with Gasteiger partial charge in [0.25, 0.3) is 0 Å². The fourth-order valence-electron chi connectivity index (χ4n) is 1.34. The number of hydrogen-bond donors (Lipinski definition) is 4. The molecule has 0 rings (SSSR count). The van der Waals surface area contributed by atoms with Gasteiger partial charge in [0.05, 0.1) is 10.8 Å². The van der Waals surface area contributed by atoms with Crippen LogP contribution in [0.1, 0.15) is 27.7 Å². The Labute approximate surface area is 93.9 Å². The molecule has 0 bridgehead atoms. The molecule has 98 valence electrons. The van der Waals surface area contributed by atoms with Crippen molar-refractivity contribution in [2.45, 2.75) is 39.9 Å². The van der Waals surface area contributed by atoms with Gasteiger partial charge < -0.3 is 0 Å². The molecular weight excluding hydrogens is 220 g/mol. The van der Waals surface area contributed by atoms with E-state index in [1.165, 1.54) is 0 Å². The number of nitrogens with zero attached hydrogens (tertiary/aromatic N) is 2. The van der Waals surface area contributed by atoms with Crippen LogP contribution in [-0.4, -0.2) is 43.8 Å². The quantitative estimate of drug-likeness (QED) is 0.489. The zero-order valence-corrected chi connectivity index (χ0v) is 9.81. The van der Waals surface area contributed by atoms with E-state index < -0.39 is 23.0 Å². The van der Waals surface area contributed by atoms with Crippen molar-refractivity contribution in [1.29, 1.82) is 0 Å². The van der Waals surface area contributed by atoms with E-state index in [0.717, 1.165) is 0 Å². The normalized spacial score (nSPS) is 16.5. The summed E-state index contributed by atoms with van der Waals surface area (Å²) in [5, 5.41) is 33.6. The van der Waals surface area contributed by atoms with Crippen LogP contribution in [0.4, 0.5) is 0 Å². The van der Waals surface area contributed by atoms with E-state index >= 15 is 0 Å². The fourth-order valence-corrected chi connectivity index (χ4v) is 1.34. The van der Waals surface area contributed by atoms with E-state index in [2.05, 4.69) is 0 Å². The van der Waals surface area contributed by atoms with Crippen molar-refractivity contribution in [3.8, 4) is 0 Å². The van der Waals surface area contributed by atoms with Crippen molar-refractivity contribution >= 4 is 0 Å². The molecule has 0 heterocycles. The third kappa shape index (κ3) is 5.68. The lowest BCUT2D eigenvalue weighted by Gasteiger charge is -2.32. The summed E-state index contributed by atoms with van der Waals surface area (Å²) < 4.78 is 0. The minimum atomic E-state index is -0.753. The molecule has 0 spiro atoms. The SMILES string of the molecule is CC(C)C(ON(O)O)C(ON(O)O)C(C)C. The summed E-state index contributed by atoms with van der Waals surface area (Å²) in [7, 11) is 0. The smallest absolute Gasteiger partial charge is 0.115 e. The van der Waals surface area contributed by atoms with Crippen molar-refractivity contribution in [2.75, 3.05) is 0 Å². The molecule has 0 aliphatic rings. The van der Waals surface area contributed by atoms with Crippen LogP contribution >= 0.6 is 0 Å². The van der Waals surface area contributed by atoms with E-state index in [4.69, 9.17) is 30.5 Å². The zero-order valence-electron chi connectivity index (χ0n) is 9.81. The first-order chi connectivity index (χ1) is 7.25. The molecule has 0 aromatic heterocycles. The molecule has 16 heavy (non-hydrogen) atoms. The molecule has 0 aromatic carbocycles. The predicted octanol–water partition coefficient (Wildman–Crippen LogP) is 1.06. The van der Waals surface area contributed by atoms with Crippen LogP contribution in [0.25, 0.3) is 0 Å². The Hall–Kier alpha value is -0.320. The van der Waals surface area contributed by atoms with Crippen molar-refractivity contribution in [2.24, 2.45) is 11.8 Å². The first kappa shape index (κ1) is 15.7. The molecule has 0 saturated heterocycles. The summed E-state index contributed by atoms with van der Waals surface area (Å²) in [4.78, 5) is 9.41. The molecule has 4 N–H and O–H groups in total. The largest absolute Gasteiger partial charge is 0.266 e. The van der Waals surface area contributed by atoms with Crippen LogP contribution in [0.5, 0.6) is 0 Å². The van der Waals surface area contributed by atoms with Crippen molar-refractivity contribution in [3.63, 3.8) is 0 Å². The maximum absolute atomic E-state index is 8.61. The van der Waals surface area contributed by atoms with Crippen molar-refractivity contribution in [3.05, 3.63) is 0 Å². The maximum atomic E-state index is 8.61. The summed E-state index contributed by atoms with van der Waals surface area (Å²) in [6.45, 7) is 7.08. The van der Waals surface area contributed by atoms with Crippen LogP contribution in [0.2, 0.25) is 0 Å². The monoisotopic (exact) mass is 240 g/mol. The molecule has 0 aliphatic carbocycles. The van der Waals surface area contributed by atoms with Crippen molar-refractivity contribution < 1.29 is 30.5 Å². The van der Waals surface area contributed by atoms with Gasteiger partial charge >= 0.3 is 0 Å². The van der Waals surface area contributed by atoms with Gasteiger partial charge in [0.15, 0.2) is 0 Å². The highest BCUT2D eigenvalue weighted by Gasteiger charge is 2.33. The lowest BCUT2D eigenvalue weighted by Crippen LogP contribution is -2.45. The van der Waals surface area contributed by atoms with Crippen molar-refractivity contribution in [1.82, 2.24) is 10.8 Å². The Bertz CT molecular complexity index is 167. The van der Waals surface area contributed by atoms with Gasteiger partial charge in [-0.3, -0.25) is 20.8 Å². The number of rotatable bonds is 7. The van der Waals surface area contributed by atoms with Gasteiger partial charge in [-0.15, -0.1) is 0 Å². The number of hydrogen-bond acceptors (Lipinski definition) is 8. The van der Waals surface area contributed by atoms with Gasteiger partial charge in [0, 0.05) is 0 Å². The molecule has 0 saturated carbocycles. The van der Waals surface area contributed by atoms with Gasteiger partial charge in [0.2, 0.25) is 0 Å². The first-order valence-corrected chi connectivity index (χ1v) is 4.95. The van der Waals surface area contributed by atoms with E-state index in [-0.39, 0.29) is 11.8 Å². The van der Waals surface area contributed by atoms with Gasteiger partial charge in [-0.05, 0) is 11.8 Å². The highest BCUT2D eigenvalue weighted by molar-refractivity contribution is 4.75. The fraction of sp³-hybridized carbons (Fsp3) is 1.00. The lowest BCUT2D eigenvalue weighted by atomic mass is 9.94. The Kier molecular flexibility index (Phi) is 6.95. The molecule has 0 aromatic rings. The molecule has 8 nitrogen and oxygen atoms in total. The molecule has 8 heteroatoms. The zero-order chi connectivity index (χ0) is 12.9. The summed E-state index contributed by atoms with van der Waals surface area (Å²) in [6, 6.07) is 0. The molecule has 0 radical (unpaired) electrons. The second-order valence-corrected chi connectivity index (χ2v) is 4.13. The van der Waals surface area contributed by atoms with Crippen LogP contribution in [0, 0.1) is 11.8 Å². The molecule has 2 unspecified atom stereocenters. The Morgan fingerprint density at radius 3 is 1.06 bits per heavy atom. The summed E-state index contributed by atoms with van der Waals surface area (Å²) in [5.41, 5.74) is 0. The summed E-state index contributed by atoms with van der Waals surface area (Å²) in [5.74, 6) is -0.261. The van der Waals surface area contributed by atoms with E-state index in [0.29, 0.717) is 0 Å². The van der Waals surface area contributed by atoms with Crippen LogP contribution in [0.15, 0.2) is 0 Å². The average molecular weight is 240 g/mol. The minimum absolute atomic E-state index is 0.130. The van der Waals surface area contributed by atoms with E-state index in [9.17, 15) is 0 Å². The van der Waals surface area contributed by atoms with Gasteiger partial charge in [-0.2, -0.15) is 0 Å². The Balaban J connectivity index is 4.66. The lowest BCUT2D eigenvalue weighted by molar-refractivity contribution is -0.543. The highest BCUT2D eigenvalue weighted by atomic mass is 17.1. The van der Waals surface area contributed by atoms with Gasteiger partial charge in [0.1, 0.15) is 12.2 Å². The highest BCUT2D eigenvalue weighted by Crippen LogP contribution is 2.21. The first-order valence-electron chi connectivity index (χ1n) is 4.95. The van der Waals surface area contributed by atoms with Crippen LogP contribution in [-0.2, 0) is 9.68 Å². The molecule has 0 fully saturated rings. The third-order valence-electron chi connectivity index (χ3n) is 2.07. The molecular formula is C8H20N2O6. The van der Waals surface area contributed by atoms with E-state index in [1.54, 1.807) is 27.7 Å². The third-order valence-corrected chi connectivity index (χ3v) is 2.07. The van der Waals surface area contributed by atoms with Gasteiger partial charge in [-0.1, -0.05) is 27.7 Å². The van der Waals surface area contributed by atoms with Crippen LogP contribution in [0.3, 0.4) is 0 Å². The van der Waals surface area contributed by atoms with Crippen LogP contribution < -0.4 is 0 Å². The minimum Gasteiger partial charge on any atom is -0.266 e. The standard InChI is InChI=1S/C8H20N2O6/c1-5(2)7(15-9(11)12)8(6(3)4)16-10(13)14/h5-8,11-14H,1-4H3. The Morgan fingerprint density at radius 1 is 0.688 bits per heavy atom. The average Bonchev–Trinajstić information content (AvgIpc) is 2.09. The second-order valence-electron chi connectivity index (χ2n) is 4.13. The predicted molar refractivity (Wildman–Crippen MR) is 50.2 cm³/mol. The molecule has 2 atom stereocenters. The summed E-state index contributed by atoms with van der Waals surface area (Å²) >= 11 is 0. The van der Waals surface area contributed by atoms with E-state index in [1.807, 2.05) is 0 Å². The second kappa shape index (κ2) is 7.09. The molecule has 0 amide bonds.